The van der Waals surface area contributed by atoms with Gasteiger partial charge in [0.15, 0.2) is 0 Å². The first-order valence-corrected chi connectivity index (χ1v) is 9.99. The number of anilines is 1. The third-order valence-electron chi connectivity index (χ3n) is 5.22. The van der Waals surface area contributed by atoms with Gasteiger partial charge >= 0.3 is 0 Å². The van der Waals surface area contributed by atoms with Gasteiger partial charge in [-0.1, -0.05) is 12.1 Å². The van der Waals surface area contributed by atoms with Crippen molar-refractivity contribution in [3.63, 3.8) is 0 Å². The molecule has 0 spiro atoms. The zero-order valence-corrected chi connectivity index (χ0v) is 16.9. The molecule has 0 saturated carbocycles. The maximum Gasteiger partial charge on any atom is 0.261 e. The smallest absolute Gasteiger partial charge is 0.261 e. The summed E-state index contributed by atoms with van der Waals surface area (Å²) in [5.74, 6) is -0.710. The average Bonchev–Trinajstić information content (AvgIpc) is 3.54. The van der Waals surface area contributed by atoms with E-state index in [-0.39, 0.29) is 23.6 Å². The van der Waals surface area contributed by atoms with E-state index in [0.29, 0.717) is 23.6 Å². The number of hydrogen-bond donors (Lipinski definition) is 1. The molecule has 5 rings (SSSR count). The summed E-state index contributed by atoms with van der Waals surface area (Å²) >= 11 is 0. The molecular formula is C24H18N4O4. The SMILES string of the molecule is O=C(Nc1cccc(Cn2cccn2)c1)c1ccc2c(c1)C(=O)N(Cc1ccco1)C2=O. The molecule has 0 aliphatic carbocycles. The second kappa shape index (κ2) is 7.99. The van der Waals surface area contributed by atoms with Gasteiger partial charge in [-0.2, -0.15) is 5.10 Å². The Morgan fingerprint density at radius 2 is 1.81 bits per heavy atom. The number of carbonyl (C=O) groups excluding carboxylic acids is 3. The summed E-state index contributed by atoms with van der Waals surface area (Å²) in [5, 5.41) is 7.04. The summed E-state index contributed by atoms with van der Waals surface area (Å²) in [7, 11) is 0. The zero-order chi connectivity index (χ0) is 22.1. The molecule has 1 aliphatic rings. The van der Waals surface area contributed by atoms with Crippen LogP contribution in [-0.4, -0.2) is 32.4 Å². The fraction of sp³-hybridized carbons (Fsp3) is 0.0833. The first-order valence-electron chi connectivity index (χ1n) is 9.99. The number of benzene rings is 2. The fourth-order valence-corrected chi connectivity index (χ4v) is 3.67. The number of carbonyl (C=O) groups is 3. The van der Waals surface area contributed by atoms with E-state index >= 15 is 0 Å². The molecule has 0 radical (unpaired) electrons. The highest BCUT2D eigenvalue weighted by atomic mass is 16.3. The number of hydrogen-bond acceptors (Lipinski definition) is 5. The van der Waals surface area contributed by atoms with Crippen LogP contribution in [0.5, 0.6) is 0 Å². The molecule has 8 heteroatoms. The van der Waals surface area contributed by atoms with Crippen LogP contribution in [-0.2, 0) is 13.1 Å². The van der Waals surface area contributed by atoms with Gasteiger partial charge in [0.25, 0.3) is 17.7 Å². The monoisotopic (exact) mass is 426 g/mol. The number of rotatable bonds is 6. The van der Waals surface area contributed by atoms with E-state index in [2.05, 4.69) is 10.4 Å². The van der Waals surface area contributed by atoms with Crippen LogP contribution in [0.25, 0.3) is 0 Å². The first-order chi connectivity index (χ1) is 15.6. The lowest BCUT2D eigenvalue weighted by atomic mass is 10.1. The maximum absolute atomic E-state index is 12.8. The molecule has 0 unspecified atom stereocenters. The molecule has 0 atom stereocenters. The van der Waals surface area contributed by atoms with Crippen molar-refractivity contribution in [1.82, 2.24) is 14.7 Å². The molecule has 158 valence electrons. The number of imide groups is 1. The van der Waals surface area contributed by atoms with Gasteiger partial charge in [-0.15, -0.1) is 0 Å². The van der Waals surface area contributed by atoms with Gasteiger partial charge in [0, 0.05) is 23.6 Å². The summed E-state index contributed by atoms with van der Waals surface area (Å²) < 4.78 is 7.04. The van der Waals surface area contributed by atoms with Crippen LogP contribution < -0.4 is 5.32 Å². The van der Waals surface area contributed by atoms with Gasteiger partial charge in [-0.25, -0.2) is 0 Å². The highest BCUT2D eigenvalue weighted by Crippen LogP contribution is 2.26. The van der Waals surface area contributed by atoms with E-state index in [1.807, 2.05) is 30.5 Å². The number of nitrogens with zero attached hydrogens (tertiary/aromatic N) is 3. The Bertz CT molecular complexity index is 1310. The molecule has 0 bridgehead atoms. The van der Waals surface area contributed by atoms with Crippen LogP contribution in [0.3, 0.4) is 0 Å². The Hall–Kier alpha value is -4.46. The van der Waals surface area contributed by atoms with Crippen molar-refractivity contribution in [3.05, 3.63) is 107 Å². The Balaban J connectivity index is 1.33. The van der Waals surface area contributed by atoms with Crippen molar-refractivity contribution < 1.29 is 18.8 Å². The van der Waals surface area contributed by atoms with E-state index in [0.717, 1.165) is 10.5 Å². The number of fused-ring (bicyclic) bond motifs is 1. The lowest BCUT2D eigenvalue weighted by Crippen LogP contribution is -2.28. The largest absolute Gasteiger partial charge is 0.467 e. The lowest BCUT2D eigenvalue weighted by Gasteiger charge is -2.11. The number of nitrogens with one attached hydrogen (secondary N) is 1. The molecule has 3 heterocycles. The van der Waals surface area contributed by atoms with Crippen LogP contribution in [0.1, 0.15) is 42.4 Å². The molecule has 4 aromatic rings. The van der Waals surface area contributed by atoms with E-state index in [1.165, 1.54) is 18.4 Å². The second-order valence-electron chi connectivity index (χ2n) is 7.39. The topological polar surface area (TPSA) is 97.4 Å². The predicted molar refractivity (Wildman–Crippen MR) is 115 cm³/mol. The standard InChI is InChI=1S/C24H18N4O4/c29-22(26-18-5-1-4-16(12-18)14-27-10-3-9-25-27)17-7-8-20-21(13-17)24(31)28(23(20)30)15-19-6-2-11-32-19/h1-13H,14-15H2,(H,26,29). The fourth-order valence-electron chi connectivity index (χ4n) is 3.67. The molecule has 32 heavy (non-hydrogen) atoms. The summed E-state index contributed by atoms with van der Waals surface area (Å²) in [6.07, 6.45) is 5.06. The molecular weight excluding hydrogens is 408 g/mol. The third kappa shape index (κ3) is 3.69. The maximum atomic E-state index is 12.8. The summed E-state index contributed by atoms with van der Waals surface area (Å²) in [6.45, 7) is 0.627. The van der Waals surface area contributed by atoms with Crippen molar-refractivity contribution in [2.45, 2.75) is 13.1 Å². The predicted octanol–water partition coefficient (Wildman–Crippen LogP) is 3.57. The number of furan rings is 1. The summed E-state index contributed by atoms with van der Waals surface area (Å²) in [5.41, 5.74) is 2.39. The van der Waals surface area contributed by atoms with Crippen molar-refractivity contribution >= 4 is 23.4 Å². The molecule has 1 N–H and O–H groups in total. The minimum absolute atomic E-state index is 0.0456. The summed E-state index contributed by atoms with van der Waals surface area (Å²) in [6, 6.07) is 17.2. The van der Waals surface area contributed by atoms with Gasteiger partial charge in [-0.3, -0.25) is 24.0 Å². The molecule has 2 aromatic heterocycles. The van der Waals surface area contributed by atoms with Crippen LogP contribution in [0.15, 0.2) is 83.7 Å². The zero-order valence-electron chi connectivity index (χ0n) is 16.9. The van der Waals surface area contributed by atoms with Crippen molar-refractivity contribution in [2.75, 3.05) is 5.32 Å². The van der Waals surface area contributed by atoms with Crippen molar-refractivity contribution in [3.8, 4) is 0 Å². The Labute approximate surface area is 183 Å². The summed E-state index contributed by atoms with van der Waals surface area (Å²) in [4.78, 5) is 39.3. The van der Waals surface area contributed by atoms with Gasteiger partial charge in [0.2, 0.25) is 0 Å². The van der Waals surface area contributed by atoms with Crippen molar-refractivity contribution in [1.29, 1.82) is 0 Å². The minimum atomic E-state index is -0.447. The number of amides is 3. The second-order valence-corrected chi connectivity index (χ2v) is 7.39. The van der Waals surface area contributed by atoms with Gasteiger partial charge in [-0.05, 0) is 54.1 Å². The van der Waals surface area contributed by atoms with Gasteiger partial charge in [0.05, 0.1) is 30.5 Å². The van der Waals surface area contributed by atoms with E-state index in [9.17, 15) is 14.4 Å². The Morgan fingerprint density at radius 3 is 2.59 bits per heavy atom. The van der Waals surface area contributed by atoms with Crippen LogP contribution in [0.4, 0.5) is 5.69 Å². The Morgan fingerprint density at radius 1 is 0.938 bits per heavy atom. The third-order valence-corrected chi connectivity index (χ3v) is 5.22. The van der Waals surface area contributed by atoms with Gasteiger partial charge < -0.3 is 9.73 Å². The van der Waals surface area contributed by atoms with Crippen LogP contribution in [0, 0.1) is 0 Å². The molecule has 3 amide bonds. The number of aromatic nitrogens is 2. The first kappa shape index (κ1) is 19.5. The molecule has 0 fully saturated rings. The molecule has 8 nitrogen and oxygen atoms in total. The lowest BCUT2D eigenvalue weighted by molar-refractivity contribution is 0.0631. The molecule has 2 aromatic carbocycles. The van der Waals surface area contributed by atoms with E-state index < -0.39 is 11.8 Å². The highest BCUT2D eigenvalue weighted by Gasteiger charge is 2.36. The van der Waals surface area contributed by atoms with Gasteiger partial charge in [0.1, 0.15) is 5.76 Å². The Kier molecular flexibility index (Phi) is 4.87. The molecule has 1 aliphatic heterocycles. The van der Waals surface area contributed by atoms with E-state index in [1.54, 1.807) is 35.1 Å². The molecule has 0 saturated heterocycles. The normalized spacial score (nSPS) is 12.8. The van der Waals surface area contributed by atoms with E-state index in [4.69, 9.17) is 4.42 Å². The van der Waals surface area contributed by atoms with Crippen LogP contribution in [0.2, 0.25) is 0 Å². The average molecular weight is 426 g/mol. The minimum Gasteiger partial charge on any atom is -0.467 e. The van der Waals surface area contributed by atoms with Crippen molar-refractivity contribution in [2.24, 2.45) is 0 Å². The highest BCUT2D eigenvalue weighted by molar-refractivity contribution is 6.22. The quantitative estimate of drug-likeness (QED) is 0.476. The van der Waals surface area contributed by atoms with Crippen LogP contribution >= 0.6 is 0 Å².